The van der Waals surface area contributed by atoms with E-state index in [4.69, 9.17) is 16.3 Å². The summed E-state index contributed by atoms with van der Waals surface area (Å²) in [6.45, 7) is 2.40. The fraction of sp³-hybridized carbons (Fsp3) is 0.625. The number of aliphatic hydroxyl groups excluding tert-OH is 1. The van der Waals surface area contributed by atoms with Crippen LogP contribution in [0.15, 0.2) is 24.3 Å². The molecule has 2 N–H and O–H groups in total. The number of hydrogen-bond acceptors (Lipinski definition) is 4. The topological polar surface area (TPSA) is 41.5 Å². The Bertz CT molecular complexity index is 362. The fourth-order valence-corrected chi connectivity index (χ4v) is 2.51. The van der Waals surface area contributed by atoms with E-state index < -0.39 is 6.10 Å². The van der Waals surface area contributed by atoms with Crippen LogP contribution in [-0.2, 0) is 11.3 Å². The number of hydrogen-bond donors (Lipinski definition) is 2. The molecule has 1 atom stereocenters. The molecule has 0 spiro atoms. The second-order valence-corrected chi connectivity index (χ2v) is 6.48. The SMILES string of the molecule is CSCCCCCNCC(O)COCc1ccc(Cl)cc1. The van der Waals surface area contributed by atoms with Crippen molar-refractivity contribution < 1.29 is 9.84 Å². The van der Waals surface area contributed by atoms with Gasteiger partial charge >= 0.3 is 0 Å². The Morgan fingerprint density at radius 1 is 1.24 bits per heavy atom. The van der Waals surface area contributed by atoms with Crippen molar-refractivity contribution >= 4 is 23.4 Å². The van der Waals surface area contributed by atoms with Crippen LogP contribution in [0.4, 0.5) is 0 Å². The van der Waals surface area contributed by atoms with Crippen LogP contribution in [0.25, 0.3) is 0 Å². The molecule has 0 radical (unpaired) electrons. The molecule has 3 nitrogen and oxygen atoms in total. The zero-order chi connectivity index (χ0) is 15.3. The monoisotopic (exact) mass is 331 g/mol. The van der Waals surface area contributed by atoms with E-state index in [0.717, 1.165) is 17.1 Å². The Hall–Kier alpha value is -0.260. The summed E-state index contributed by atoms with van der Waals surface area (Å²) in [5.41, 5.74) is 1.06. The van der Waals surface area contributed by atoms with Gasteiger partial charge in [0, 0.05) is 11.6 Å². The summed E-state index contributed by atoms with van der Waals surface area (Å²) >= 11 is 7.71. The van der Waals surface area contributed by atoms with Crippen molar-refractivity contribution in [3.05, 3.63) is 34.9 Å². The molecule has 0 aromatic heterocycles. The summed E-state index contributed by atoms with van der Waals surface area (Å²) in [7, 11) is 0. The molecule has 1 aromatic carbocycles. The van der Waals surface area contributed by atoms with Crippen LogP contribution in [0.5, 0.6) is 0 Å². The Kier molecular flexibility index (Phi) is 11.0. The maximum Gasteiger partial charge on any atom is 0.0897 e. The van der Waals surface area contributed by atoms with Crippen molar-refractivity contribution in [3.63, 3.8) is 0 Å². The largest absolute Gasteiger partial charge is 0.389 e. The molecule has 1 unspecified atom stereocenters. The van der Waals surface area contributed by atoms with Crippen molar-refractivity contribution in [1.82, 2.24) is 5.32 Å². The van der Waals surface area contributed by atoms with Gasteiger partial charge in [0.1, 0.15) is 0 Å². The molecule has 0 aliphatic carbocycles. The lowest BCUT2D eigenvalue weighted by Gasteiger charge is -2.12. The molecule has 0 amide bonds. The lowest BCUT2D eigenvalue weighted by atomic mass is 10.2. The van der Waals surface area contributed by atoms with E-state index in [1.54, 1.807) is 0 Å². The maximum atomic E-state index is 9.80. The normalized spacial score (nSPS) is 12.5. The highest BCUT2D eigenvalue weighted by Gasteiger charge is 2.03. The lowest BCUT2D eigenvalue weighted by Crippen LogP contribution is -2.31. The van der Waals surface area contributed by atoms with E-state index in [0.29, 0.717) is 19.8 Å². The Balaban J connectivity index is 1.96. The third-order valence-electron chi connectivity index (χ3n) is 3.07. The summed E-state index contributed by atoms with van der Waals surface area (Å²) in [6.07, 6.45) is 5.37. The first kappa shape index (κ1) is 18.8. The van der Waals surface area contributed by atoms with E-state index in [2.05, 4.69) is 11.6 Å². The molecular weight excluding hydrogens is 306 g/mol. The summed E-state index contributed by atoms with van der Waals surface area (Å²) in [6, 6.07) is 7.55. The standard InChI is InChI=1S/C16H26ClNO2S/c1-21-10-4-2-3-9-18-11-16(19)13-20-12-14-5-7-15(17)8-6-14/h5-8,16,18-19H,2-4,9-13H2,1H3. The van der Waals surface area contributed by atoms with Crippen LogP contribution in [0.2, 0.25) is 5.02 Å². The van der Waals surface area contributed by atoms with Gasteiger partial charge in [-0.3, -0.25) is 0 Å². The first-order valence-corrected chi connectivity index (χ1v) is 9.19. The first-order chi connectivity index (χ1) is 10.2. The van der Waals surface area contributed by atoms with Crippen molar-refractivity contribution in [1.29, 1.82) is 0 Å². The third kappa shape index (κ3) is 10.1. The van der Waals surface area contributed by atoms with Gasteiger partial charge in [0.15, 0.2) is 0 Å². The van der Waals surface area contributed by atoms with Crippen molar-refractivity contribution in [2.45, 2.75) is 32.0 Å². The average molecular weight is 332 g/mol. The quantitative estimate of drug-likeness (QED) is 0.576. The molecule has 21 heavy (non-hydrogen) atoms. The minimum Gasteiger partial charge on any atom is -0.389 e. The summed E-state index contributed by atoms with van der Waals surface area (Å²) < 4.78 is 5.50. The minimum absolute atomic E-state index is 0.349. The molecule has 1 aromatic rings. The van der Waals surface area contributed by atoms with Gasteiger partial charge in [0.05, 0.1) is 19.3 Å². The third-order valence-corrected chi connectivity index (χ3v) is 4.02. The van der Waals surface area contributed by atoms with Gasteiger partial charge in [-0.25, -0.2) is 0 Å². The van der Waals surface area contributed by atoms with Gasteiger partial charge in [-0.15, -0.1) is 0 Å². The summed E-state index contributed by atoms with van der Waals surface area (Å²) in [5, 5.41) is 13.8. The van der Waals surface area contributed by atoms with Crippen LogP contribution in [0.1, 0.15) is 24.8 Å². The predicted octanol–water partition coefficient (Wildman–Crippen LogP) is 3.34. The number of halogens is 1. The van der Waals surface area contributed by atoms with E-state index in [1.165, 1.54) is 25.0 Å². The van der Waals surface area contributed by atoms with Gasteiger partial charge in [-0.2, -0.15) is 11.8 Å². The predicted molar refractivity (Wildman–Crippen MR) is 92.2 cm³/mol. The highest BCUT2D eigenvalue weighted by molar-refractivity contribution is 7.98. The van der Waals surface area contributed by atoms with E-state index in [1.807, 2.05) is 36.0 Å². The van der Waals surface area contributed by atoms with E-state index in [9.17, 15) is 5.11 Å². The molecule has 120 valence electrons. The van der Waals surface area contributed by atoms with Crippen LogP contribution in [0, 0.1) is 0 Å². The highest BCUT2D eigenvalue weighted by Crippen LogP contribution is 2.10. The second kappa shape index (κ2) is 12.3. The van der Waals surface area contributed by atoms with Gasteiger partial charge < -0.3 is 15.2 Å². The number of ether oxygens (including phenoxy) is 1. The van der Waals surface area contributed by atoms with Gasteiger partial charge in [0.25, 0.3) is 0 Å². The number of nitrogens with one attached hydrogen (secondary N) is 1. The van der Waals surface area contributed by atoms with Gasteiger partial charge in [-0.05, 0) is 49.1 Å². The zero-order valence-electron chi connectivity index (χ0n) is 12.7. The number of rotatable bonds is 12. The molecule has 5 heteroatoms. The van der Waals surface area contributed by atoms with Gasteiger partial charge in [-0.1, -0.05) is 30.2 Å². The smallest absolute Gasteiger partial charge is 0.0897 e. The molecule has 0 aliphatic rings. The fourth-order valence-electron chi connectivity index (χ4n) is 1.89. The summed E-state index contributed by atoms with van der Waals surface area (Å²) in [5.74, 6) is 1.24. The molecule has 0 fully saturated rings. The van der Waals surface area contributed by atoms with E-state index >= 15 is 0 Å². The molecule has 0 bridgehead atoms. The van der Waals surface area contributed by atoms with E-state index in [-0.39, 0.29) is 0 Å². The number of unbranched alkanes of at least 4 members (excludes halogenated alkanes) is 2. The number of aliphatic hydroxyl groups is 1. The lowest BCUT2D eigenvalue weighted by molar-refractivity contribution is 0.0289. The van der Waals surface area contributed by atoms with Crippen LogP contribution in [0.3, 0.4) is 0 Å². The number of benzene rings is 1. The molecular formula is C16H26ClNO2S. The van der Waals surface area contributed by atoms with Crippen LogP contribution >= 0.6 is 23.4 Å². The number of thioether (sulfide) groups is 1. The van der Waals surface area contributed by atoms with Crippen molar-refractivity contribution in [2.75, 3.05) is 31.7 Å². The maximum absolute atomic E-state index is 9.80. The summed E-state index contributed by atoms with van der Waals surface area (Å²) in [4.78, 5) is 0. The van der Waals surface area contributed by atoms with Gasteiger partial charge in [0.2, 0.25) is 0 Å². The zero-order valence-corrected chi connectivity index (χ0v) is 14.3. The first-order valence-electron chi connectivity index (χ1n) is 7.42. The second-order valence-electron chi connectivity index (χ2n) is 5.05. The minimum atomic E-state index is -0.455. The average Bonchev–Trinajstić information content (AvgIpc) is 2.48. The Labute approximate surface area is 137 Å². The van der Waals surface area contributed by atoms with Crippen LogP contribution in [-0.4, -0.2) is 42.9 Å². The van der Waals surface area contributed by atoms with Crippen LogP contribution < -0.4 is 5.32 Å². The molecule has 0 saturated heterocycles. The van der Waals surface area contributed by atoms with Crippen molar-refractivity contribution in [3.8, 4) is 0 Å². The highest BCUT2D eigenvalue weighted by atomic mass is 35.5. The Morgan fingerprint density at radius 3 is 2.71 bits per heavy atom. The molecule has 0 heterocycles. The molecule has 0 aliphatic heterocycles. The van der Waals surface area contributed by atoms with Crippen molar-refractivity contribution in [2.24, 2.45) is 0 Å². The molecule has 1 rings (SSSR count). The Morgan fingerprint density at radius 2 is 2.00 bits per heavy atom. The molecule has 0 saturated carbocycles.